The van der Waals surface area contributed by atoms with Gasteiger partial charge in [-0.05, 0) is 57.3 Å². The third kappa shape index (κ3) is 4.14. The fourth-order valence-corrected chi connectivity index (χ4v) is 4.43. The molecule has 0 spiro atoms. The summed E-state index contributed by atoms with van der Waals surface area (Å²) in [6, 6.07) is 29.6. The molecule has 166 valence electrons. The molecular weight excluding hydrogens is 434 g/mol. The van der Waals surface area contributed by atoms with Gasteiger partial charge in [0.25, 0.3) is 5.91 Å². The highest BCUT2D eigenvalue weighted by Crippen LogP contribution is 2.40. The van der Waals surface area contributed by atoms with Gasteiger partial charge < -0.3 is 5.32 Å². The molecule has 4 rings (SSSR count). The van der Waals surface area contributed by atoms with Crippen LogP contribution in [-0.2, 0) is 0 Å². The van der Waals surface area contributed by atoms with Crippen molar-refractivity contribution in [3.05, 3.63) is 95.1 Å². The minimum absolute atomic E-state index is 0.237. The predicted octanol–water partition coefficient (Wildman–Crippen LogP) is 5.75. The van der Waals surface area contributed by atoms with Crippen LogP contribution >= 0.6 is 0 Å². The number of fused-ring (bicyclic) bond motifs is 2. The van der Waals surface area contributed by atoms with Gasteiger partial charge in [0.2, 0.25) is 0 Å². The van der Waals surface area contributed by atoms with Crippen LogP contribution in [0, 0.1) is 45.3 Å². The van der Waals surface area contributed by atoms with Crippen LogP contribution < -0.4 is 5.32 Å². The van der Waals surface area contributed by atoms with E-state index in [2.05, 4.69) is 5.32 Å². The Kier molecular flexibility index (Phi) is 6.42. The highest BCUT2D eigenvalue weighted by Gasteiger charge is 2.25. The molecule has 6 nitrogen and oxygen atoms in total. The van der Waals surface area contributed by atoms with E-state index in [1.807, 2.05) is 61.5 Å². The molecule has 0 saturated carbocycles. The van der Waals surface area contributed by atoms with Crippen molar-refractivity contribution in [2.24, 2.45) is 0 Å². The Morgan fingerprint density at radius 2 is 1.17 bits per heavy atom. The van der Waals surface area contributed by atoms with Crippen molar-refractivity contribution in [1.29, 1.82) is 21.0 Å². The van der Waals surface area contributed by atoms with Crippen LogP contribution in [0.5, 0.6) is 0 Å². The molecule has 0 heterocycles. The number of carbonyl (C=O) groups is 1. The number of amides is 1. The molecule has 1 amide bonds. The van der Waals surface area contributed by atoms with E-state index in [0.29, 0.717) is 38.2 Å². The van der Waals surface area contributed by atoms with Crippen molar-refractivity contribution in [3.8, 4) is 24.3 Å². The Morgan fingerprint density at radius 3 is 1.71 bits per heavy atom. The summed E-state index contributed by atoms with van der Waals surface area (Å²) in [5.41, 5.74) is 2.27. The van der Waals surface area contributed by atoms with E-state index in [-0.39, 0.29) is 11.9 Å². The van der Waals surface area contributed by atoms with Crippen molar-refractivity contribution in [2.75, 3.05) is 0 Å². The van der Waals surface area contributed by atoms with Crippen LogP contribution in [0.2, 0.25) is 0 Å². The smallest absolute Gasteiger partial charge is 0.251 e. The SMILES string of the molecule is C[C@@H](NC(=O)c1ccc2c(C(C#N)C#N)c3ccccc3c(C(C#N)C#N)c2c1)c1ccccc1. The molecule has 0 aliphatic rings. The van der Waals surface area contributed by atoms with E-state index in [1.54, 1.807) is 42.5 Å². The largest absolute Gasteiger partial charge is 0.346 e. The van der Waals surface area contributed by atoms with Crippen molar-refractivity contribution in [2.45, 2.75) is 24.8 Å². The normalized spacial score (nSPS) is 11.4. The number of benzene rings is 4. The van der Waals surface area contributed by atoms with Gasteiger partial charge in [0.1, 0.15) is 0 Å². The van der Waals surface area contributed by atoms with Crippen molar-refractivity contribution in [1.82, 2.24) is 5.32 Å². The van der Waals surface area contributed by atoms with Crippen LogP contribution in [0.4, 0.5) is 0 Å². The lowest BCUT2D eigenvalue weighted by atomic mass is 9.82. The van der Waals surface area contributed by atoms with Crippen LogP contribution in [-0.4, -0.2) is 5.91 Å². The first kappa shape index (κ1) is 23.0. The molecule has 1 N–H and O–H groups in total. The molecule has 35 heavy (non-hydrogen) atoms. The third-order valence-corrected chi connectivity index (χ3v) is 6.11. The highest BCUT2D eigenvalue weighted by molar-refractivity contribution is 6.10. The van der Waals surface area contributed by atoms with Crippen molar-refractivity contribution in [3.63, 3.8) is 0 Å². The fourth-order valence-electron chi connectivity index (χ4n) is 4.43. The molecule has 4 aromatic rings. The van der Waals surface area contributed by atoms with Gasteiger partial charge in [0.15, 0.2) is 11.8 Å². The Bertz CT molecular complexity index is 1590. The number of carbonyl (C=O) groups excluding carboxylic acids is 1. The zero-order valence-corrected chi connectivity index (χ0v) is 18.9. The summed E-state index contributed by atoms with van der Waals surface area (Å²) in [5, 5.41) is 44.1. The van der Waals surface area contributed by atoms with E-state index in [1.165, 1.54) is 0 Å². The zero-order valence-electron chi connectivity index (χ0n) is 18.9. The number of hydrogen-bond acceptors (Lipinski definition) is 5. The lowest BCUT2D eigenvalue weighted by Gasteiger charge is -2.19. The number of rotatable bonds is 5. The van der Waals surface area contributed by atoms with E-state index < -0.39 is 11.8 Å². The van der Waals surface area contributed by atoms with E-state index >= 15 is 0 Å². The van der Waals surface area contributed by atoms with Gasteiger partial charge in [-0.1, -0.05) is 60.7 Å². The van der Waals surface area contributed by atoms with E-state index in [0.717, 1.165) is 5.56 Å². The summed E-state index contributed by atoms with van der Waals surface area (Å²) >= 11 is 0. The van der Waals surface area contributed by atoms with Crippen molar-refractivity contribution >= 4 is 27.5 Å². The summed E-state index contributed by atoms with van der Waals surface area (Å²) in [4.78, 5) is 13.1. The first-order valence-corrected chi connectivity index (χ1v) is 11.0. The van der Waals surface area contributed by atoms with Crippen molar-refractivity contribution < 1.29 is 4.79 Å². The Morgan fingerprint density at radius 1 is 0.686 bits per heavy atom. The second kappa shape index (κ2) is 9.76. The summed E-state index contributed by atoms with van der Waals surface area (Å²) in [5.74, 6) is -2.47. The van der Waals surface area contributed by atoms with Gasteiger partial charge in [-0.2, -0.15) is 21.0 Å². The number of hydrogen-bond donors (Lipinski definition) is 1. The summed E-state index contributed by atoms with van der Waals surface area (Å²) in [6.07, 6.45) is 0. The molecule has 0 radical (unpaired) electrons. The standard InChI is InChI=1S/C29H19N5O/c1-18(19-7-3-2-4-8-19)34-29(35)20-11-12-25-26(13-20)28(22(16-32)17-33)24-10-6-5-9-23(24)27(25)21(14-30)15-31/h2-13,18,21-22H,1H3,(H,34,35)/t18-/m1/s1. The van der Waals surface area contributed by atoms with Crippen LogP contribution in [0.3, 0.4) is 0 Å². The first-order valence-electron chi connectivity index (χ1n) is 11.0. The van der Waals surface area contributed by atoms with Gasteiger partial charge >= 0.3 is 0 Å². The third-order valence-electron chi connectivity index (χ3n) is 6.11. The molecule has 0 fully saturated rings. The number of nitrogens with one attached hydrogen (secondary N) is 1. The maximum absolute atomic E-state index is 13.1. The van der Waals surface area contributed by atoms with Crippen LogP contribution in [0.15, 0.2) is 72.8 Å². The van der Waals surface area contributed by atoms with Gasteiger partial charge in [-0.3, -0.25) is 4.79 Å². The molecular formula is C29H19N5O. The molecule has 0 unspecified atom stereocenters. The van der Waals surface area contributed by atoms with Crippen LogP contribution in [0.25, 0.3) is 21.5 Å². The lowest BCUT2D eigenvalue weighted by molar-refractivity contribution is 0.0940. The second-order valence-electron chi connectivity index (χ2n) is 8.12. The minimum atomic E-state index is -1.10. The molecule has 0 aliphatic heterocycles. The predicted molar refractivity (Wildman–Crippen MR) is 132 cm³/mol. The molecule has 0 aliphatic carbocycles. The fraction of sp³-hybridized carbons (Fsp3) is 0.138. The molecule has 0 saturated heterocycles. The van der Waals surface area contributed by atoms with Gasteiger partial charge in [0.05, 0.1) is 30.3 Å². The second-order valence-corrected chi connectivity index (χ2v) is 8.12. The average Bonchev–Trinajstić information content (AvgIpc) is 2.90. The summed E-state index contributed by atoms with van der Waals surface area (Å²) in [7, 11) is 0. The monoisotopic (exact) mass is 453 g/mol. The summed E-state index contributed by atoms with van der Waals surface area (Å²) in [6.45, 7) is 1.89. The average molecular weight is 454 g/mol. The number of nitrogens with zero attached hydrogens (tertiary/aromatic N) is 4. The van der Waals surface area contributed by atoms with E-state index in [9.17, 15) is 25.8 Å². The topological polar surface area (TPSA) is 124 Å². The number of nitriles is 4. The summed E-state index contributed by atoms with van der Waals surface area (Å²) < 4.78 is 0. The van der Waals surface area contributed by atoms with E-state index in [4.69, 9.17) is 0 Å². The highest BCUT2D eigenvalue weighted by atomic mass is 16.1. The Balaban J connectivity index is 1.96. The van der Waals surface area contributed by atoms with Gasteiger partial charge in [-0.15, -0.1) is 0 Å². The molecule has 4 aromatic carbocycles. The van der Waals surface area contributed by atoms with Crippen LogP contribution in [0.1, 0.15) is 51.8 Å². The Labute approximate surface area is 202 Å². The van der Waals surface area contributed by atoms with Gasteiger partial charge in [0, 0.05) is 5.56 Å². The maximum atomic E-state index is 13.1. The quantitative estimate of drug-likeness (QED) is 0.386. The maximum Gasteiger partial charge on any atom is 0.251 e. The molecule has 0 aromatic heterocycles. The molecule has 6 heteroatoms. The molecule has 1 atom stereocenters. The van der Waals surface area contributed by atoms with Gasteiger partial charge in [-0.25, -0.2) is 0 Å². The minimum Gasteiger partial charge on any atom is -0.346 e. The first-order chi connectivity index (χ1) is 17.0. The Hall–Kier alpha value is -5.17. The zero-order chi connectivity index (χ0) is 24.9. The molecule has 0 bridgehead atoms. The lowest BCUT2D eigenvalue weighted by Crippen LogP contribution is -2.26.